The highest BCUT2D eigenvalue weighted by molar-refractivity contribution is 7.99. The molecule has 1 aromatic carbocycles. The number of thioether (sulfide) groups is 1. The topological polar surface area (TPSA) is 58.4 Å². The molecule has 0 N–H and O–H groups in total. The molecule has 2 aromatic heterocycles. The molecule has 7 heteroatoms. The lowest BCUT2D eigenvalue weighted by Crippen LogP contribution is -2.08. The molecule has 0 aliphatic heterocycles. The van der Waals surface area contributed by atoms with Gasteiger partial charge in [-0.05, 0) is 62.1 Å². The first-order valence-electron chi connectivity index (χ1n) is 11.8. The molecule has 1 aliphatic carbocycles. The summed E-state index contributed by atoms with van der Waals surface area (Å²) in [4.78, 5) is 9.05. The number of methoxy groups -OCH3 is 1. The predicted molar refractivity (Wildman–Crippen MR) is 139 cm³/mol. The fourth-order valence-corrected chi connectivity index (χ4v) is 4.94. The normalized spacial score (nSPS) is 15.0. The molecule has 3 aromatic rings. The van der Waals surface area contributed by atoms with Gasteiger partial charge in [-0.25, -0.2) is 4.98 Å². The van der Waals surface area contributed by atoms with Crippen molar-refractivity contribution in [3.8, 4) is 23.3 Å². The van der Waals surface area contributed by atoms with E-state index in [4.69, 9.17) is 19.2 Å². The van der Waals surface area contributed by atoms with Crippen LogP contribution in [-0.2, 0) is 16.1 Å². The number of benzene rings is 1. The molecule has 0 saturated heterocycles. The summed E-state index contributed by atoms with van der Waals surface area (Å²) in [6.07, 6.45) is 13.7. The van der Waals surface area contributed by atoms with Crippen molar-refractivity contribution >= 4 is 11.8 Å². The maximum atomic E-state index is 6.17. The van der Waals surface area contributed by atoms with Gasteiger partial charge in [0.1, 0.15) is 19.0 Å². The summed E-state index contributed by atoms with van der Waals surface area (Å²) in [6, 6.07) is 9.96. The molecular formula is C28H31N3O3S. The predicted octanol–water partition coefficient (Wildman–Crippen LogP) is 5.37. The van der Waals surface area contributed by atoms with Gasteiger partial charge in [0, 0.05) is 24.1 Å². The van der Waals surface area contributed by atoms with E-state index < -0.39 is 0 Å². The largest absolute Gasteiger partial charge is 0.487 e. The van der Waals surface area contributed by atoms with E-state index in [0.717, 1.165) is 33.4 Å². The average Bonchev–Trinajstić information content (AvgIpc) is 3.29. The van der Waals surface area contributed by atoms with Crippen LogP contribution in [0.4, 0.5) is 0 Å². The second kappa shape index (κ2) is 13.1. The van der Waals surface area contributed by atoms with Crippen molar-refractivity contribution in [2.24, 2.45) is 0 Å². The van der Waals surface area contributed by atoms with E-state index in [1.807, 2.05) is 43.6 Å². The molecule has 0 radical (unpaired) electrons. The molecule has 0 spiro atoms. The van der Waals surface area contributed by atoms with E-state index in [-0.39, 0.29) is 0 Å². The van der Waals surface area contributed by atoms with Gasteiger partial charge in [0.2, 0.25) is 0 Å². The van der Waals surface area contributed by atoms with Crippen LogP contribution in [0.3, 0.4) is 0 Å². The van der Waals surface area contributed by atoms with E-state index in [9.17, 15) is 0 Å². The van der Waals surface area contributed by atoms with Gasteiger partial charge in [-0.15, -0.1) is 0 Å². The van der Waals surface area contributed by atoms with Gasteiger partial charge in [0.25, 0.3) is 0 Å². The summed E-state index contributed by atoms with van der Waals surface area (Å²) in [7, 11) is 1.65. The molecule has 0 bridgehead atoms. The number of aryl methyl sites for hydroxylation is 1. The molecule has 0 saturated carbocycles. The standard InChI is InChI=1S/C28H31N3O3S/c1-22-18-26(13-12-23(22)8-7-15-33-17-16-32-2)34-21-25-20-30-28(35-27-10-4-3-5-11-27)31(25)24-9-6-14-29-19-24/h4,6,9-10,12-14,18-20,27H,3,5,11,15-17,21H2,1-2H3. The van der Waals surface area contributed by atoms with E-state index in [2.05, 4.69) is 39.6 Å². The molecule has 6 nitrogen and oxygen atoms in total. The molecule has 1 aliphatic rings. The first-order chi connectivity index (χ1) is 17.2. The van der Waals surface area contributed by atoms with Crippen LogP contribution in [0.1, 0.15) is 36.1 Å². The van der Waals surface area contributed by atoms with Crippen LogP contribution in [0.25, 0.3) is 5.69 Å². The highest BCUT2D eigenvalue weighted by Crippen LogP contribution is 2.32. The van der Waals surface area contributed by atoms with Gasteiger partial charge in [0.15, 0.2) is 5.16 Å². The zero-order chi connectivity index (χ0) is 24.3. The van der Waals surface area contributed by atoms with Crippen LogP contribution >= 0.6 is 11.8 Å². The Hall–Kier alpha value is -3.05. The number of pyridine rings is 1. The van der Waals surface area contributed by atoms with Gasteiger partial charge in [0.05, 0.1) is 37.0 Å². The minimum atomic E-state index is 0.385. The van der Waals surface area contributed by atoms with Crippen LogP contribution in [-0.4, -0.2) is 46.7 Å². The highest BCUT2D eigenvalue weighted by atomic mass is 32.2. The quantitative estimate of drug-likeness (QED) is 0.217. The Morgan fingerprint density at radius 3 is 2.91 bits per heavy atom. The van der Waals surface area contributed by atoms with Gasteiger partial charge in [-0.2, -0.15) is 0 Å². The number of hydrogen-bond donors (Lipinski definition) is 0. The Morgan fingerprint density at radius 1 is 1.20 bits per heavy atom. The maximum Gasteiger partial charge on any atom is 0.173 e. The molecule has 0 amide bonds. The molecule has 4 rings (SSSR count). The number of rotatable bonds is 10. The van der Waals surface area contributed by atoms with Crippen LogP contribution < -0.4 is 4.74 Å². The first kappa shape index (κ1) is 25.1. The van der Waals surface area contributed by atoms with E-state index >= 15 is 0 Å². The van der Waals surface area contributed by atoms with Crippen molar-refractivity contribution in [1.29, 1.82) is 0 Å². The van der Waals surface area contributed by atoms with Crippen LogP contribution in [0.2, 0.25) is 0 Å². The zero-order valence-corrected chi connectivity index (χ0v) is 21.1. The smallest absolute Gasteiger partial charge is 0.173 e. The minimum Gasteiger partial charge on any atom is -0.487 e. The SMILES string of the molecule is COCCOCC#Cc1ccc(OCc2cnc(SC3C=CCCC3)n2-c2cccnc2)cc1C. The van der Waals surface area contributed by atoms with Crippen LogP contribution in [0, 0.1) is 18.8 Å². The molecule has 1 unspecified atom stereocenters. The van der Waals surface area contributed by atoms with Crippen LogP contribution in [0.5, 0.6) is 5.75 Å². The molecular weight excluding hydrogens is 458 g/mol. The number of aromatic nitrogens is 3. The van der Waals surface area contributed by atoms with E-state index in [1.54, 1.807) is 25.1 Å². The number of ether oxygens (including phenoxy) is 3. The van der Waals surface area contributed by atoms with Gasteiger partial charge < -0.3 is 14.2 Å². The van der Waals surface area contributed by atoms with Gasteiger partial charge in [-0.1, -0.05) is 35.8 Å². The third-order valence-corrected chi connectivity index (χ3v) is 6.78. The Morgan fingerprint density at radius 2 is 2.14 bits per heavy atom. The lowest BCUT2D eigenvalue weighted by Gasteiger charge is -2.17. The fraction of sp³-hybridized carbons (Fsp3) is 0.357. The third kappa shape index (κ3) is 7.22. The van der Waals surface area contributed by atoms with E-state index in [0.29, 0.717) is 31.7 Å². The summed E-state index contributed by atoms with van der Waals surface area (Å²) in [6.45, 7) is 3.94. The first-order valence-corrected chi connectivity index (χ1v) is 12.7. The second-order valence-electron chi connectivity index (χ2n) is 8.21. The summed E-state index contributed by atoms with van der Waals surface area (Å²) in [5, 5.41) is 1.40. The molecule has 1 atom stereocenters. The second-order valence-corrected chi connectivity index (χ2v) is 9.41. The third-order valence-electron chi connectivity index (χ3n) is 5.59. The number of nitrogens with zero attached hydrogens (tertiary/aromatic N) is 3. The fourth-order valence-electron chi connectivity index (χ4n) is 3.75. The lowest BCUT2D eigenvalue weighted by atomic mass is 10.1. The molecule has 2 heterocycles. The molecule has 0 fully saturated rings. The zero-order valence-electron chi connectivity index (χ0n) is 20.3. The summed E-state index contributed by atoms with van der Waals surface area (Å²) in [5.74, 6) is 7.01. The Bertz CT molecular complexity index is 1180. The van der Waals surface area contributed by atoms with Crippen molar-refractivity contribution in [3.63, 3.8) is 0 Å². The lowest BCUT2D eigenvalue weighted by molar-refractivity contribution is 0.0877. The Balaban J connectivity index is 1.44. The summed E-state index contributed by atoms with van der Waals surface area (Å²) in [5.41, 5.74) is 4.00. The Labute approximate surface area is 211 Å². The number of allylic oxidation sites excluding steroid dienone is 1. The van der Waals surface area contributed by atoms with E-state index in [1.165, 1.54) is 19.3 Å². The monoisotopic (exact) mass is 489 g/mol. The summed E-state index contributed by atoms with van der Waals surface area (Å²) < 4.78 is 18.7. The highest BCUT2D eigenvalue weighted by Gasteiger charge is 2.18. The number of imidazole rings is 1. The van der Waals surface area contributed by atoms with Crippen molar-refractivity contribution < 1.29 is 14.2 Å². The number of hydrogen-bond acceptors (Lipinski definition) is 6. The minimum absolute atomic E-state index is 0.385. The van der Waals surface area contributed by atoms with Crippen molar-refractivity contribution in [2.75, 3.05) is 26.9 Å². The Kier molecular flexibility index (Phi) is 9.41. The molecule has 35 heavy (non-hydrogen) atoms. The van der Waals surface area contributed by atoms with Gasteiger partial charge in [-0.3, -0.25) is 9.55 Å². The summed E-state index contributed by atoms with van der Waals surface area (Å²) >= 11 is 1.80. The average molecular weight is 490 g/mol. The van der Waals surface area contributed by atoms with Crippen LogP contribution in [0.15, 0.2) is 66.2 Å². The van der Waals surface area contributed by atoms with Gasteiger partial charge >= 0.3 is 0 Å². The van der Waals surface area contributed by atoms with Crippen molar-refractivity contribution in [3.05, 3.63) is 77.9 Å². The van der Waals surface area contributed by atoms with Crippen molar-refractivity contribution in [2.45, 2.75) is 43.2 Å². The maximum absolute atomic E-state index is 6.17. The molecule has 182 valence electrons. The van der Waals surface area contributed by atoms with Crippen molar-refractivity contribution in [1.82, 2.24) is 14.5 Å².